The molecule has 0 aliphatic heterocycles. The van der Waals surface area contributed by atoms with Crippen LogP contribution < -0.4 is 0 Å². The van der Waals surface area contributed by atoms with Gasteiger partial charge >= 0.3 is 0 Å². The zero-order valence-corrected chi connectivity index (χ0v) is 14.2. The predicted octanol–water partition coefficient (Wildman–Crippen LogP) is 4.93. The van der Waals surface area contributed by atoms with Crippen molar-refractivity contribution in [3.05, 3.63) is 0 Å². The van der Waals surface area contributed by atoms with E-state index in [0.717, 1.165) is 19.1 Å². The summed E-state index contributed by atoms with van der Waals surface area (Å²) in [6.45, 7) is 16.0. The molecular weight excluding hydrogens is 240 g/mol. The fourth-order valence-electron chi connectivity index (χ4n) is 1.08. The van der Waals surface area contributed by atoms with Gasteiger partial charge in [0.15, 0.2) is 0 Å². The Morgan fingerprint density at radius 3 is 1.58 bits per heavy atom. The van der Waals surface area contributed by atoms with Gasteiger partial charge in [-0.2, -0.15) is 0 Å². The van der Waals surface area contributed by atoms with E-state index in [2.05, 4.69) is 13.8 Å². The molecule has 0 saturated carbocycles. The van der Waals surface area contributed by atoms with E-state index < -0.39 is 0 Å². The van der Waals surface area contributed by atoms with E-state index in [9.17, 15) is 4.79 Å². The Hall–Kier alpha value is -0.410. The zero-order valence-electron chi connectivity index (χ0n) is 14.2. The molecule has 0 heterocycles. The van der Waals surface area contributed by atoms with Crippen LogP contribution in [0.5, 0.6) is 0 Å². The first-order chi connectivity index (χ1) is 8.55. The molecule has 0 amide bonds. The van der Waals surface area contributed by atoms with E-state index in [4.69, 9.17) is 9.78 Å². The van der Waals surface area contributed by atoms with Gasteiger partial charge in [0.05, 0.1) is 11.2 Å². The Labute approximate surface area is 120 Å². The normalized spacial score (nSPS) is 13.5. The minimum absolute atomic E-state index is 0.215. The summed E-state index contributed by atoms with van der Waals surface area (Å²) in [4.78, 5) is 20.4. The second-order valence-corrected chi connectivity index (χ2v) is 6.84. The van der Waals surface area contributed by atoms with Crippen LogP contribution in [0.4, 0.5) is 0 Å². The van der Waals surface area contributed by atoms with Crippen molar-refractivity contribution in [2.45, 2.75) is 92.3 Å². The predicted molar refractivity (Wildman–Crippen MR) is 81.0 cm³/mol. The van der Waals surface area contributed by atoms with Crippen molar-refractivity contribution < 1.29 is 14.6 Å². The molecule has 0 aromatic rings. The Balaban J connectivity index is 0. The van der Waals surface area contributed by atoms with Crippen LogP contribution in [0.15, 0.2) is 0 Å². The fourth-order valence-corrected chi connectivity index (χ4v) is 1.08. The summed E-state index contributed by atoms with van der Waals surface area (Å²) in [7, 11) is 0. The summed E-state index contributed by atoms with van der Waals surface area (Å²) in [5.41, 5.74) is -0.430. The quantitative estimate of drug-likeness (QED) is 0.391. The van der Waals surface area contributed by atoms with Gasteiger partial charge < -0.3 is 4.79 Å². The van der Waals surface area contributed by atoms with E-state index in [1.54, 1.807) is 0 Å². The van der Waals surface area contributed by atoms with Crippen LogP contribution in [-0.2, 0) is 14.6 Å². The average molecular weight is 274 g/mol. The molecular formula is C16H34O3. The van der Waals surface area contributed by atoms with Gasteiger partial charge in [0, 0.05) is 5.92 Å². The number of carbonyl (C=O) groups excluding carboxylic acids is 1. The molecule has 0 N–H and O–H groups in total. The highest BCUT2D eigenvalue weighted by molar-refractivity contribution is 5.53. The number of unbranched alkanes of at least 4 members (excludes halogenated alkanes) is 1. The van der Waals surface area contributed by atoms with Crippen molar-refractivity contribution in [1.29, 1.82) is 0 Å². The van der Waals surface area contributed by atoms with E-state index >= 15 is 0 Å². The maximum atomic E-state index is 10.2. The van der Waals surface area contributed by atoms with Gasteiger partial charge in [0.25, 0.3) is 0 Å². The van der Waals surface area contributed by atoms with Crippen LogP contribution in [0.3, 0.4) is 0 Å². The number of hydrogen-bond acceptors (Lipinski definition) is 3. The highest BCUT2D eigenvalue weighted by Crippen LogP contribution is 2.14. The molecule has 0 aliphatic carbocycles. The minimum Gasteiger partial charge on any atom is -0.303 e. The van der Waals surface area contributed by atoms with Crippen LogP contribution in [-0.4, -0.2) is 17.5 Å². The average Bonchev–Trinajstić information content (AvgIpc) is 2.27. The largest absolute Gasteiger partial charge is 0.303 e. The van der Waals surface area contributed by atoms with Gasteiger partial charge in [-0.3, -0.25) is 0 Å². The first-order valence-corrected chi connectivity index (χ1v) is 7.37. The summed E-state index contributed by atoms with van der Waals surface area (Å²) in [5, 5.41) is 0. The standard InChI is InChI=1S/C8H18O2.C8H16O/c1-7(2,3)9-10-8(4,5)6;1-3-5-6-8(4-2)7-9/h1-6H3;7-8H,3-6H2,1-2H3. The number of carbonyl (C=O) groups is 1. The zero-order chi connectivity index (χ0) is 15.5. The minimum atomic E-state index is -0.215. The molecule has 19 heavy (non-hydrogen) atoms. The van der Waals surface area contributed by atoms with Crippen LogP contribution in [0, 0.1) is 5.92 Å². The summed E-state index contributed by atoms with van der Waals surface area (Å²) in [6, 6.07) is 0. The maximum Gasteiger partial charge on any atom is 0.123 e. The van der Waals surface area contributed by atoms with Gasteiger partial charge in [-0.1, -0.05) is 26.7 Å². The van der Waals surface area contributed by atoms with Crippen molar-refractivity contribution in [1.82, 2.24) is 0 Å². The van der Waals surface area contributed by atoms with Crippen molar-refractivity contribution in [2.24, 2.45) is 5.92 Å². The fraction of sp³-hybridized carbons (Fsp3) is 0.938. The Bertz CT molecular complexity index is 197. The molecule has 0 aromatic carbocycles. The summed E-state index contributed by atoms with van der Waals surface area (Å²) < 4.78 is 0. The summed E-state index contributed by atoms with van der Waals surface area (Å²) in [5.74, 6) is 0.324. The molecule has 0 bridgehead atoms. The summed E-state index contributed by atoms with van der Waals surface area (Å²) >= 11 is 0. The van der Waals surface area contributed by atoms with Gasteiger partial charge in [-0.05, 0) is 54.4 Å². The van der Waals surface area contributed by atoms with Crippen LogP contribution in [0.25, 0.3) is 0 Å². The Morgan fingerprint density at radius 2 is 1.37 bits per heavy atom. The Kier molecular flexibility index (Phi) is 11.4. The van der Waals surface area contributed by atoms with E-state index in [1.807, 2.05) is 41.5 Å². The van der Waals surface area contributed by atoms with E-state index in [0.29, 0.717) is 5.92 Å². The second-order valence-electron chi connectivity index (χ2n) is 6.84. The van der Waals surface area contributed by atoms with Gasteiger partial charge in [0.1, 0.15) is 6.29 Å². The maximum absolute atomic E-state index is 10.2. The van der Waals surface area contributed by atoms with E-state index in [-0.39, 0.29) is 11.2 Å². The van der Waals surface area contributed by atoms with Crippen molar-refractivity contribution in [2.75, 3.05) is 0 Å². The molecule has 0 aromatic heterocycles. The molecule has 3 nitrogen and oxygen atoms in total. The molecule has 0 radical (unpaired) electrons. The highest BCUT2D eigenvalue weighted by Gasteiger charge is 2.18. The molecule has 0 spiro atoms. The third-order valence-electron chi connectivity index (χ3n) is 2.19. The lowest BCUT2D eigenvalue weighted by molar-refractivity contribution is -0.393. The summed E-state index contributed by atoms with van der Waals surface area (Å²) in [6.07, 6.45) is 5.55. The van der Waals surface area contributed by atoms with E-state index in [1.165, 1.54) is 12.8 Å². The smallest absolute Gasteiger partial charge is 0.123 e. The van der Waals surface area contributed by atoms with Crippen LogP contribution in [0.1, 0.15) is 81.1 Å². The molecule has 1 atom stereocenters. The lowest BCUT2D eigenvalue weighted by Gasteiger charge is -2.24. The van der Waals surface area contributed by atoms with Crippen LogP contribution >= 0.6 is 0 Å². The van der Waals surface area contributed by atoms with Gasteiger partial charge in [-0.15, -0.1) is 0 Å². The van der Waals surface area contributed by atoms with Crippen molar-refractivity contribution >= 4 is 6.29 Å². The molecule has 0 saturated heterocycles. The number of aldehydes is 1. The molecule has 116 valence electrons. The molecule has 1 unspecified atom stereocenters. The molecule has 0 rings (SSSR count). The van der Waals surface area contributed by atoms with Crippen molar-refractivity contribution in [3.63, 3.8) is 0 Å². The van der Waals surface area contributed by atoms with Crippen molar-refractivity contribution in [3.8, 4) is 0 Å². The highest BCUT2D eigenvalue weighted by atomic mass is 17.2. The first-order valence-electron chi connectivity index (χ1n) is 7.37. The number of hydrogen-bond donors (Lipinski definition) is 0. The van der Waals surface area contributed by atoms with Gasteiger partial charge in [0.2, 0.25) is 0 Å². The molecule has 3 heteroatoms. The topological polar surface area (TPSA) is 35.5 Å². The second kappa shape index (κ2) is 10.4. The third kappa shape index (κ3) is 20.1. The third-order valence-corrected chi connectivity index (χ3v) is 2.19. The van der Waals surface area contributed by atoms with Crippen LogP contribution in [0.2, 0.25) is 0 Å². The lowest BCUT2D eigenvalue weighted by atomic mass is 10.0. The lowest BCUT2D eigenvalue weighted by Crippen LogP contribution is -2.27. The number of rotatable bonds is 6. The van der Waals surface area contributed by atoms with Gasteiger partial charge in [-0.25, -0.2) is 9.78 Å². The Morgan fingerprint density at radius 1 is 0.947 bits per heavy atom. The molecule has 0 fully saturated rings. The first kappa shape index (κ1) is 20.9. The molecule has 0 aliphatic rings. The SMILES string of the molecule is CC(C)(C)OOC(C)(C)C.CCCCC(C=O)CC. The monoisotopic (exact) mass is 274 g/mol.